The smallest absolute Gasteiger partial charge is 0.0832 e. The fraction of sp³-hybridized carbons (Fsp3) is 0.455. The second-order valence-corrected chi connectivity index (χ2v) is 4.14. The van der Waals surface area contributed by atoms with E-state index in [-0.39, 0.29) is 6.10 Å². The molecule has 0 amide bonds. The standard InChI is InChI=1S/C11H13ClO/c1-7-3-2-4-9(10(7)12)11(13)8-5-6-8/h2-4,8,11,13H,5-6H2,1H3. The molecule has 2 heteroatoms. The van der Waals surface area contributed by atoms with Crippen LogP contribution in [0.3, 0.4) is 0 Å². The fourth-order valence-corrected chi connectivity index (χ4v) is 1.80. The van der Waals surface area contributed by atoms with Gasteiger partial charge in [-0.3, -0.25) is 0 Å². The first-order chi connectivity index (χ1) is 6.20. The summed E-state index contributed by atoms with van der Waals surface area (Å²) in [6.07, 6.45) is 1.91. The van der Waals surface area contributed by atoms with Crippen molar-refractivity contribution in [3.63, 3.8) is 0 Å². The maximum atomic E-state index is 9.88. The number of halogens is 1. The topological polar surface area (TPSA) is 20.2 Å². The van der Waals surface area contributed by atoms with Crippen LogP contribution in [0.4, 0.5) is 0 Å². The van der Waals surface area contributed by atoms with Crippen molar-refractivity contribution in [3.05, 3.63) is 34.3 Å². The molecule has 1 N–H and O–H groups in total. The maximum absolute atomic E-state index is 9.88. The third-order valence-electron chi connectivity index (χ3n) is 2.61. The van der Waals surface area contributed by atoms with E-state index in [9.17, 15) is 5.11 Å². The minimum atomic E-state index is -0.354. The van der Waals surface area contributed by atoms with Crippen molar-refractivity contribution >= 4 is 11.6 Å². The normalized spacial score (nSPS) is 18.7. The highest BCUT2D eigenvalue weighted by Gasteiger charge is 2.31. The average Bonchev–Trinajstić information content (AvgIpc) is 2.91. The molecule has 70 valence electrons. The summed E-state index contributed by atoms with van der Waals surface area (Å²) in [5.41, 5.74) is 1.93. The average molecular weight is 197 g/mol. The van der Waals surface area contributed by atoms with E-state index < -0.39 is 0 Å². The van der Waals surface area contributed by atoms with Crippen molar-refractivity contribution < 1.29 is 5.11 Å². The van der Waals surface area contributed by atoms with E-state index in [2.05, 4.69) is 0 Å². The van der Waals surface area contributed by atoms with Crippen LogP contribution < -0.4 is 0 Å². The van der Waals surface area contributed by atoms with Gasteiger partial charge in [-0.1, -0.05) is 29.8 Å². The van der Waals surface area contributed by atoms with E-state index in [0.29, 0.717) is 5.92 Å². The summed E-state index contributed by atoms with van der Waals surface area (Å²) in [6, 6.07) is 5.83. The molecule has 0 heterocycles. The molecule has 1 unspecified atom stereocenters. The summed E-state index contributed by atoms with van der Waals surface area (Å²) in [6.45, 7) is 1.96. The second kappa shape index (κ2) is 3.32. The monoisotopic (exact) mass is 196 g/mol. The molecule has 1 nitrogen and oxygen atoms in total. The Labute approximate surface area is 83.3 Å². The van der Waals surface area contributed by atoms with E-state index in [4.69, 9.17) is 11.6 Å². The highest BCUT2D eigenvalue weighted by atomic mass is 35.5. The van der Waals surface area contributed by atoms with Crippen LogP contribution in [0.15, 0.2) is 18.2 Å². The zero-order valence-corrected chi connectivity index (χ0v) is 8.38. The Bertz CT molecular complexity index is 318. The van der Waals surface area contributed by atoms with Gasteiger partial charge >= 0.3 is 0 Å². The molecule has 0 saturated heterocycles. The Morgan fingerprint density at radius 3 is 2.77 bits per heavy atom. The third kappa shape index (κ3) is 1.72. The summed E-state index contributed by atoms with van der Waals surface area (Å²) in [4.78, 5) is 0. The summed E-state index contributed by atoms with van der Waals surface area (Å²) < 4.78 is 0. The predicted molar refractivity (Wildman–Crippen MR) is 53.9 cm³/mol. The van der Waals surface area contributed by atoms with Crippen LogP contribution in [0, 0.1) is 12.8 Å². The van der Waals surface area contributed by atoms with Crippen molar-refractivity contribution in [2.45, 2.75) is 25.9 Å². The Kier molecular flexibility index (Phi) is 2.31. The summed E-state index contributed by atoms with van der Waals surface area (Å²) in [5, 5.41) is 10.6. The van der Waals surface area contributed by atoms with Gasteiger partial charge in [-0.05, 0) is 36.8 Å². The molecule has 1 atom stereocenters. The Balaban J connectivity index is 2.32. The lowest BCUT2D eigenvalue weighted by molar-refractivity contribution is 0.154. The van der Waals surface area contributed by atoms with Crippen LogP contribution in [0.5, 0.6) is 0 Å². The lowest BCUT2D eigenvalue weighted by Gasteiger charge is -2.12. The largest absolute Gasteiger partial charge is 0.388 e. The molecule has 13 heavy (non-hydrogen) atoms. The predicted octanol–water partition coefficient (Wildman–Crippen LogP) is 3.09. The van der Waals surface area contributed by atoms with Gasteiger partial charge in [-0.2, -0.15) is 0 Å². The summed E-state index contributed by atoms with van der Waals surface area (Å²) in [7, 11) is 0. The van der Waals surface area contributed by atoms with E-state index in [1.54, 1.807) is 0 Å². The van der Waals surface area contributed by atoms with Crippen LogP contribution >= 0.6 is 11.6 Å². The molecular formula is C11H13ClO. The van der Waals surface area contributed by atoms with Crippen LogP contribution in [0.25, 0.3) is 0 Å². The van der Waals surface area contributed by atoms with Crippen LogP contribution in [0.2, 0.25) is 5.02 Å². The highest BCUT2D eigenvalue weighted by Crippen LogP contribution is 2.43. The van der Waals surface area contributed by atoms with Gasteiger partial charge in [-0.15, -0.1) is 0 Å². The number of rotatable bonds is 2. The quantitative estimate of drug-likeness (QED) is 0.771. The van der Waals surface area contributed by atoms with Crippen LogP contribution in [0.1, 0.15) is 30.1 Å². The van der Waals surface area contributed by atoms with E-state index in [1.807, 2.05) is 25.1 Å². The molecule has 1 aliphatic rings. The SMILES string of the molecule is Cc1cccc(C(O)C2CC2)c1Cl. The van der Waals surface area contributed by atoms with Crippen molar-refractivity contribution in [2.24, 2.45) is 5.92 Å². The molecule has 1 aromatic carbocycles. The fourth-order valence-electron chi connectivity index (χ4n) is 1.56. The van der Waals surface area contributed by atoms with E-state index in [1.165, 1.54) is 0 Å². The maximum Gasteiger partial charge on any atom is 0.0832 e. The Morgan fingerprint density at radius 2 is 2.15 bits per heavy atom. The van der Waals surface area contributed by atoms with Gasteiger partial charge in [0.25, 0.3) is 0 Å². The first-order valence-corrected chi connectivity index (χ1v) is 5.01. The molecule has 2 rings (SSSR count). The molecule has 1 saturated carbocycles. The molecule has 1 fully saturated rings. The molecule has 1 aliphatic carbocycles. The Morgan fingerprint density at radius 1 is 1.46 bits per heavy atom. The van der Waals surface area contributed by atoms with E-state index >= 15 is 0 Å². The lowest BCUT2D eigenvalue weighted by Crippen LogP contribution is -2.00. The molecule has 1 aromatic rings. The van der Waals surface area contributed by atoms with Crippen molar-refractivity contribution in [2.75, 3.05) is 0 Å². The Hall–Kier alpha value is -0.530. The van der Waals surface area contributed by atoms with Gasteiger partial charge in [0, 0.05) is 5.02 Å². The first-order valence-electron chi connectivity index (χ1n) is 4.63. The van der Waals surface area contributed by atoms with Gasteiger partial charge in [0.05, 0.1) is 6.10 Å². The number of aliphatic hydroxyl groups is 1. The zero-order chi connectivity index (χ0) is 9.42. The van der Waals surface area contributed by atoms with Gasteiger partial charge in [0.1, 0.15) is 0 Å². The van der Waals surface area contributed by atoms with Crippen molar-refractivity contribution in [1.82, 2.24) is 0 Å². The van der Waals surface area contributed by atoms with Crippen molar-refractivity contribution in [3.8, 4) is 0 Å². The zero-order valence-electron chi connectivity index (χ0n) is 7.63. The van der Waals surface area contributed by atoms with Gasteiger partial charge in [-0.25, -0.2) is 0 Å². The number of hydrogen-bond acceptors (Lipinski definition) is 1. The molecule has 0 spiro atoms. The molecule has 0 aromatic heterocycles. The third-order valence-corrected chi connectivity index (χ3v) is 3.13. The number of aliphatic hydroxyl groups excluding tert-OH is 1. The van der Waals surface area contributed by atoms with Gasteiger partial charge in [0.15, 0.2) is 0 Å². The molecule has 0 radical (unpaired) electrons. The van der Waals surface area contributed by atoms with Crippen LogP contribution in [-0.2, 0) is 0 Å². The summed E-state index contributed by atoms with van der Waals surface area (Å²) in [5.74, 6) is 0.444. The summed E-state index contributed by atoms with van der Waals surface area (Å²) >= 11 is 6.10. The number of hydrogen-bond donors (Lipinski definition) is 1. The van der Waals surface area contributed by atoms with Crippen LogP contribution in [-0.4, -0.2) is 5.11 Å². The number of aryl methyl sites for hydroxylation is 1. The lowest BCUT2D eigenvalue weighted by atomic mass is 10.0. The second-order valence-electron chi connectivity index (χ2n) is 3.76. The highest BCUT2D eigenvalue weighted by molar-refractivity contribution is 6.32. The minimum absolute atomic E-state index is 0.354. The molecular weight excluding hydrogens is 184 g/mol. The van der Waals surface area contributed by atoms with Gasteiger partial charge in [0.2, 0.25) is 0 Å². The van der Waals surface area contributed by atoms with Crippen molar-refractivity contribution in [1.29, 1.82) is 0 Å². The number of benzene rings is 1. The first kappa shape index (κ1) is 9.04. The van der Waals surface area contributed by atoms with Gasteiger partial charge < -0.3 is 5.11 Å². The van der Waals surface area contributed by atoms with E-state index in [0.717, 1.165) is 29.0 Å². The minimum Gasteiger partial charge on any atom is -0.388 e. The molecule has 0 bridgehead atoms. The molecule has 0 aliphatic heterocycles.